The molecular weight excluding hydrogens is 552 g/mol. The molecule has 43 heavy (non-hydrogen) atoms. The summed E-state index contributed by atoms with van der Waals surface area (Å²) in [6, 6.07) is 7.41. The molecule has 0 spiro atoms. The van der Waals surface area contributed by atoms with Gasteiger partial charge in [-0.3, -0.25) is 4.79 Å². The van der Waals surface area contributed by atoms with Crippen LogP contribution in [0.15, 0.2) is 36.7 Å². The zero-order valence-corrected chi connectivity index (χ0v) is 24.5. The average molecular weight is 589 g/mol. The van der Waals surface area contributed by atoms with Gasteiger partial charge in [0.1, 0.15) is 0 Å². The molecule has 0 radical (unpaired) electrons. The number of benzene rings is 1. The van der Waals surface area contributed by atoms with Crippen LogP contribution in [-0.4, -0.2) is 120 Å². The van der Waals surface area contributed by atoms with Crippen LogP contribution in [0.25, 0.3) is 11.3 Å². The Kier molecular flexibility index (Phi) is 8.20. The maximum atomic E-state index is 13.3. The van der Waals surface area contributed by atoms with E-state index >= 15 is 0 Å². The lowest BCUT2D eigenvalue weighted by molar-refractivity contribution is 0.0664. The molecule has 1 aromatic carbocycles. The molecule has 0 unspecified atom stereocenters. The minimum absolute atomic E-state index is 0.00640. The van der Waals surface area contributed by atoms with Gasteiger partial charge in [0.2, 0.25) is 11.9 Å². The first-order chi connectivity index (χ1) is 20.9. The molecule has 3 aromatic rings. The third-order valence-corrected chi connectivity index (χ3v) is 7.90. The van der Waals surface area contributed by atoms with Gasteiger partial charge in [-0.1, -0.05) is 12.1 Å². The molecule has 2 saturated heterocycles. The number of hydroxylamine groups is 1. The van der Waals surface area contributed by atoms with Gasteiger partial charge in [0.05, 0.1) is 25.5 Å². The summed E-state index contributed by atoms with van der Waals surface area (Å²) in [4.78, 5) is 57.8. The number of fused-ring (bicyclic) bond motifs is 1. The highest BCUT2D eigenvalue weighted by molar-refractivity contribution is 5.94. The zero-order chi connectivity index (χ0) is 29.9. The van der Waals surface area contributed by atoms with Crippen LogP contribution in [0.2, 0.25) is 0 Å². The topological polar surface area (TPSA) is 146 Å². The molecule has 5 heterocycles. The Morgan fingerprint density at radius 1 is 1.02 bits per heavy atom. The Hall–Kier alpha value is -4.56. The van der Waals surface area contributed by atoms with Crippen molar-refractivity contribution >= 4 is 29.7 Å². The summed E-state index contributed by atoms with van der Waals surface area (Å²) in [5.74, 6) is 1.24. The molecule has 0 aliphatic carbocycles. The predicted molar refractivity (Wildman–Crippen MR) is 159 cm³/mol. The molecule has 0 bridgehead atoms. The van der Waals surface area contributed by atoms with Crippen molar-refractivity contribution in [2.24, 2.45) is 0 Å². The van der Waals surface area contributed by atoms with Gasteiger partial charge < -0.3 is 34.9 Å². The Morgan fingerprint density at radius 2 is 1.77 bits per heavy atom. The van der Waals surface area contributed by atoms with Gasteiger partial charge in [0, 0.05) is 81.9 Å². The molecule has 2 N–H and O–H groups in total. The monoisotopic (exact) mass is 588 g/mol. The van der Waals surface area contributed by atoms with Crippen molar-refractivity contribution in [1.29, 1.82) is 0 Å². The summed E-state index contributed by atoms with van der Waals surface area (Å²) in [6.07, 6.45) is 3.32. The first-order valence-corrected chi connectivity index (χ1v) is 14.4. The first-order valence-electron chi connectivity index (χ1n) is 14.4. The number of hydrogen-bond donors (Lipinski definition) is 1. The largest absolute Gasteiger partial charge is 0.434 e. The van der Waals surface area contributed by atoms with Crippen molar-refractivity contribution in [2.75, 3.05) is 88.8 Å². The van der Waals surface area contributed by atoms with Crippen molar-refractivity contribution in [2.45, 2.75) is 13.0 Å². The van der Waals surface area contributed by atoms with Crippen LogP contribution >= 0.6 is 0 Å². The molecule has 6 rings (SSSR count). The van der Waals surface area contributed by atoms with Crippen LogP contribution in [0.1, 0.15) is 21.5 Å². The summed E-state index contributed by atoms with van der Waals surface area (Å²) in [7, 11) is 3.73. The Balaban J connectivity index is 1.18. The third-order valence-electron chi connectivity index (χ3n) is 7.90. The van der Waals surface area contributed by atoms with Crippen LogP contribution in [0.4, 0.5) is 22.5 Å². The summed E-state index contributed by atoms with van der Waals surface area (Å²) < 4.78 is 5.51. The molecule has 0 saturated carbocycles. The number of nitrogen functional groups attached to an aromatic ring is 1. The molecule has 0 atom stereocenters. The number of anilines is 3. The van der Waals surface area contributed by atoms with E-state index in [2.05, 4.69) is 21.9 Å². The zero-order valence-electron chi connectivity index (χ0n) is 24.5. The Morgan fingerprint density at radius 3 is 2.51 bits per heavy atom. The summed E-state index contributed by atoms with van der Waals surface area (Å²) in [5.41, 5.74) is 9.40. The van der Waals surface area contributed by atoms with E-state index in [1.807, 2.05) is 34.1 Å². The number of ether oxygens (including phenoxy) is 1. The molecule has 14 nitrogen and oxygen atoms in total. The number of hydrogen-bond acceptors (Lipinski definition) is 12. The molecule has 3 aliphatic rings. The highest BCUT2D eigenvalue weighted by Gasteiger charge is 2.32. The highest BCUT2D eigenvalue weighted by atomic mass is 16.7. The van der Waals surface area contributed by atoms with Crippen LogP contribution in [0.5, 0.6) is 0 Å². The number of aromatic nitrogens is 4. The lowest BCUT2D eigenvalue weighted by Crippen LogP contribution is -2.47. The maximum Gasteiger partial charge on any atom is 0.434 e. The minimum Gasteiger partial charge on any atom is -0.378 e. The predicted octanol–water partition coefficient (Wildman–Crippen LogP) is 1.29. The van der Waals surface area contributed by atoms with Crippen LogP contribution < -0.4 is 15.7 Å². The van der Waals surface area contributed by atoms with Crippen LogP contribution in [0.3, 0.4) is 0 Å². The normalized spacial score (nSPS) is 17.1. The van der Waals surface area contributed by atoms with E-state index < -0.39 is 6.09 Å². The van der Waals surface area contributed by atoms with E-state index in [0.29, 0.717) is 80.9 Å². The quantitative estimate of drug-likeness (QED) is 0.443. The average Bonchev–Trinajstić information content (AvgIpc) is 3.44. The number of likely N-dealkylation sites (N-methyl/N-ethyl adjacent to an activating group) is 1. The molecule has 2 fully saturated rings. The van der Waals surface area contributed by atoms with Gasteiger partial charge in [-0.25, -0.2) is 19.7 Å². The van der Waals surface area contributed by atoms with Gasteiger partial charge in [0.25, 0.3) is 5.91 Å². The number of carbonyl (C=O) groups is 2. The molecule has 2 amide bonds. The molecule has 14 heteroatoms. The second-order valence-corrected chi connectivity index (χ2v) is 11.0. The molecular formula is C29H36N10O4. The van der Waals surface area contributed by atoms with Crippen molar-refractivity contribution in [1.82, 2.24) is 34.6 Å². The van der Waals surface area contributed by atoms with E-state index in [-0.39, 0.29) is 18.4 Å². The Bertz CT molecular complexity index is 1470. The number of nitrogens with zero attached hydrogens (tertiary/aromatic N) is 9. The number of morpholine rings is 1. The Labute approximate surface area is 250 Å². The van der Waals surface area contributed by atoms with E-state index in [1.165, 1.54) is 9.96 Å². The first kappa shape index (κ1) is 28.6. The highest BCUT2D eigenvalue weighted by Crippen LogP contribution is 2.35. The van der Waals surface area contributed by atoms with Gasteiger partial charge in [-0.05, 0) is 31.2 Å². The van der Waals surface area contributed by atoms with Gasteiger partial charge in [-0.2, -0.15) is 10.0 Å². The SMILES string of the molecule is CN1CCN(C(=O)c2cccc(CN(C)C(=O)ON3CCc4c(-c5cnc(N)nc5)nc(N5CCOCC5)nc43)c2)CC1. The van der Waals surface area contributed by atoms with Crippen molar-refractivity contribution in [3.05, 3.63) is 53.3 Å². The second kappa shape index (κ2) is 12.4. The van der Waals surface area contributed by atoms with Crippen LogP contribution in [0, 0.1) is 0 Å². The second-order valence-electron chi connectivity index (χ2n) is 11.0. The summed E-state index contributed by atoms with van der Waals surface area (Å²) in [6.45, 7) is 6.26. The van der Waals surface area contributed by atoms with Crippen LogP contribution in [-0.2, 0) is 22.5 Å². The standard InChI is InChI=1S/C29H36N10O4/c1-35-8-10-37(11-9-35)26(40)21-5-3-4-20(16-21)19-36(2)29(41)43-39-7-6-23-24(22-17-31-27(30)32-18-22)33-28(34-25(23)39)38-12-14-42-15-13-38/h3-5,16-18H,6-15,19H2,1-2H3,(H2,30,31,32). The van der Waals surface area contributed by atoms with Crippen molar-refractivity contribution in [3.8, 4) is 11.3 Å². The van der Waals surface area contributed by atoms with Gasteiger partial charge in [-0.15, -0.1) is 0 Å². The number of nitrogens with two attached hydrogens (primary N) is 1. The number of carbonyl (C=O) groups excluding carboxylic acids is 2. The molecule has 3 aliphatic heterocycles. The lowest BCUT2D eigenvalue weighted by Gasteiger charge is -2.32. The molecule has 2 aromatic heterocycles. The fourth-order valence-electron chi connectivity index (χ4n) is 5.41. The lowest BCUT2D eigenvalue weighted by atomic mass is 10.1. The summed E-state index contributed by atoms with van der Waals surface area (Å²) in [5, 5.41) is 1.52. The molecule has 226 valence electrons. The third kappa shape index (κ3) is 6.29. The maximum absolute atomic E-state index is 13.3. The fraction of sp³-hybridized carbons (Fsp3) is 0.448. The van der Waals surface area contributed by atoms with E-state index in [9.17, 15) is 9.59 Å². The van der Waals surface area contributed by atoms with E-state index in [0.717, 1.165) is 24.2 Å². The van der Waals surface area contributed by atoms with Gasteiger partial charge >= 0.3 is 6.09 Å². The number of rotatable bonds is 6. The van der Waals surface area contributed by atoms with Gasteiger partial charge in [0.15, 0.2) is 5.82 Å². The number of amides is 2. The number of piperazine rings is 1. The minimum atomic E-state index is -0.535. The van der Waals surface area contributed by atoms with Crippen molar-refractivity contribution < 1.29 is 19.2 Å². The summed E-state index contributed by atoms with van der Waals surface area (Å²) >= 11 is 0. The fourth-order valence-corrected chi connectivity index (χ4v) is 5.41. The van der Waals surface area contributed by atoms with Crippen molar-refractivity contribution in [3.63, 3.8) is 0 Å². The van der Waals surface area contributed by atoms with E-state index in [1.54, 1.807) is 19.4 Å². The smallest absolute Gasteiger partial charge is 0.378 e. The van der Waals surface area contributed by atoms with E-state index in [4.69, 9.17) is 25.3 Å².